The zero-order valence-corrected chi connectivity index (χ0v) is 14.2. The smallest absolute Gasteiger partial charge is 0.0970 e. The average Bonchev–Trinajstić information content (AvgIpc) is 2.99. The molecule has 22 heavy (non-hydrogen) atoms. The topological polar surface area (TPSA) is 28.2 Å². The van der Waals surface area contributed by atoms with E-state index in [-0.39, 0.29) is 0 Å². The maximum absolute atomic E-state index is 4.99. The second-order valence-corrected chi connectivity index (χ2v) is 7.92. The van der Waals surface area contributed by atoms with Gasteiger partial charge < -0.3 is 10.2 Å². The van der Waals surface area contributed by atoms with Crippen LogP contribution in [0.15, 0.2) is 18.2 Å². The molecular weight excluding hydrogens is 290 g/mol. The van der Waals surface area contributed by atoms with E-state index in [0.717, 1.165) is 6.54 Å². The highest BCUT2D eigenvalue weighted by molar-refractivity contribution is 7.18. The fourth-order valence-electron chi connectivity index (χ4n) is 3.75. The van der Waals surface area contributed by atoms with Crippen LogP contribution in [-0.2, 0) is 0 Å². The minimum atomic E-state index is 0.534. The number of piperidine rings is 2. The molecule has 3 heterocycles. The number of fused-ring (bicyclic) bond motifs is 1. The molecule has 0 radical (unpaired) electrons. The third-order valence-corrected chi connectivity index (χ3v) is 6.41. The number of likely N-dealkylation sites (tertiary alicyclic amines) is 1. The highest BCUT2D eigenvalue weighted by Crippen LogP contribution is 2.35. The number of thiazole rings is 1. The summed E-state index contributed by atoms with van der Waals surface area (Å²) in [5.41, 5.74) is 2.64. The molecule has 0 spiro atoms. The summed E-state index contributed by atoms with van der Waals surface area (Å²) in [6.07, 6.45) is 6.43. The van der Waals surface area contributed by atoms with Crippen LogP contribution in [0.25, 0.3) is 10.2 Å². The van der Waals surface area contributed by atoms with E-state index in [9.17, 15) is 0 Å². The van der Waals surface area contributed by atoms with Crippen molar-refractivity contribution in [3.8, 4) is 0 Å². The number of nitrogens with zero attached hydrogens (tertiary/aromatic N) is 2. The van der Waals surface area contributed by atoms with Gasteiger partial charge in [-0.15, -0.1) is 11.3 Å². The van der Waals surface area contributed by atoms with Gasteiger partial charge in [-0.2, -0.15) is 0 Å². The minimum Gasteiger partial charge on any atom is -0.310 e. The summed E-state index contributed by atoms with van der Waals surface area (Å²) < 4.78 is 1.36. The van der Waals surface area contributed by atoms with Crippen LogP contribution in [0.3, 0.4) is 0 Å². The Bertz CT molecular complexity index is 637. The fraction of sp³-hybridized carbons (Fsp3) is 0.611. The Labute approximate surface area is 136 Å². The predicted molar refractivity (Wildman–Crippen MR) is 93.7 cm³/mol. The lowest BCUT2D eigenvalue weighted by Crippen LogP contribution is -2.29. The highest BCUT2D eigenvalue weighted by atomic mass is 32.1. The molecule has 118 valence electrons. The van der Waals surface area contributed by atoms with Crippen molar-refractivity contribution in [2.45, 2.75) is 44.1 Å². The van der Waals surface area contributed by atoms with Crippen molar-refractivity contribution in [2.75, 3.05) is 26.7 Å². The average molecular weight is 315 g/mol. The first-order valence-electron chi connectivity index (χ1n) is 8.62. The minimum absolute atomic E-state index is 0.534. The van der Waals surface area contributed by atoms with Crippen LogP contribution in [-0.4, -0.2) is 36.6 Å². The first-order chi connectivity index (χ1) is 10.8. The molecular formula is C18H25N3S. The fourth-order valence-corrected chi connectivity index (χ4v) is 4.86. The van der Waals surface area contributed by atoms with E-state index < -0.39 is 0 Å². The Kier molecular flexibility index (Phi) is 4.16. The van der Waals surface area contributed by atoms with E-state index >= 15 is 0 Å². The van der Waals surface area contributed by atoms with E-state index in [4.69, 9.17) is 4.98 Å². The molecule has 0 amide bonds. The van der Waals surface area contributed by atoms with Crippen molar-refractivity contribution in [1.29, 1.82) is 0 Å². The first kappa shape index (κ1) is 14.6. The lowest BCUT2D eigenvalue weighted by molar-refractivity contribution is 0.255. The van der Waals surface area contributed by atoms with Crippen molar-refractivity contribution in [3.63, 3.8) is 0 Å². The Morgan fingerprint density at radius 2 is 2.05 bits per heavy atom. The molecule has 2 fully saturated rings. The molecule has 0 saturated carbocycles. The van der Waals surface area contributed by atoms with Crippen LogP contribution in [0.1, 0.15) is 54.6 Å². The summed E-state index contributed by atoms with van der Waals surface area (Å²) >= 11 is 1.91. The largest absolute Gasteiger partial charge is 0.310 e. The summed E-state index contributed by atoms with van der Waals surface area (Å²) in [5.74, 6) is 0.671. The quantitative estimate of drug-likeness (QED) is 0.910. The summed E-state index contributed by atoms with van der Waals surface area (Å²) in [7, 11) is 2.22. The van der Waals surface area contributed by atoms with Gasteiger partial charge in [0.15, 0.2) is 0 Å². The van der Waals surface area contributed by atoms with Gasteiger partial charge in [-0.25, -0.2) is 4.98 Å². The zero-order valence-electron chi connectivity index (χ0n) is 13.3. The third-order valence-electron chi connectivity index (χ3n) is 5.21. The van der Waals surface area contributed by atoms with Gasteiger partial charge in [-0.05, 0) is 70.1 Å². The Morgan fingerprint density at radius 3 is 2.82 bits per heavy atom. The van der Waals surface area contributed by atoms with Gasteiger partial charge in [-0.3, -0.25) is 0 Å². The van der Waals surface area contributed by atoms with Crippen molar-refractivity contribution in [2.24, 2.45) is 0 Å². The maximum Gasteiger partial charge on any atom is 0.0970 e. The van der Waals surface area contributed by atoms with Gasteiger partial charge in [-0.1, -0.05) is 12.5 Å². The third kappa shape index (κ3) is 2.92. The first-order valence-corrected chi connectivity index (χ1v) is 9.43. The molecule has 4 heteroatoms. The molecule has 4 rings (SSSR count). The van der Waals surface area contributed by atoms with Gasteiger partial charge in [0.25, 0.3) is 0 Å². The predicted octanol–water partition coefficient (Wildman–Crippen LogP) is 3.92. The molecule has 2 saturated heterocycles. The zero-order chi connectivity index (χ0) is 14.9. The highest BCUT2D eigenvalue weighted by Gasteiger charge is 2.22. The number of benzene rings is 1. The number of aromatic nitrogens is 1. The Balaban J connectivity index is 1.58. The van der Waals surface area contributed by atoms with E-state index in [1.165, 1.54) is 66.0 Å². The molecule has 2 aromatic rings. The molecule has 3 nitrogen and oxygen atoms in total. The monoisotopic (exact) mass is 315 g/mol. The van der Waals surface area contributed by atoms with Gasteiger partial charge in [0.05, 0.1) is 15.2 Å². The van der Waals surface area contributed by atoms with Gasteiger partial charge in [0, 0.05) is 12.0 Å². The normalized spacial score (nSPS) is 24.9. The van der Waals surface area contributed by atoms with E-state index in [0.29, 0.717) is 12.0 Å². The Morgan fingerprint density at radius 1 is 1.18 bits per heavy atom. The Hall–Kier alpha value is -0.970. The maximum atomic E-state index is 4.99. The van der Waals surface area contributed by atoms with Crippen molar-refractivity contribution in [3.05, 3.63) is 28.8 Å². The van der Waals surface area contributed by atoms with Crippen LogP contribution in [0.4, 0.5) is 0 Å². The number of nitrogens with one attached hydrogen (secondary N) is 1. The van der Waals surface area contributed by atoms with Crippen molar-refractivity contribution in [1.82, 2.24) is 15.2 Å². The van der Waals surface area contributed by atoms with E-state index in [1.807, 2.05) is 11.3 Å². The van der Waals surface area contributed by atoms with Crippen LogP contribution in [0.2, 0.25) is 0 Å². The molecule has 1 atom stereocenters. The summed E-state index contributed by atoms with van der Waals surface area (Å²) in [4.78, 5) is 7.42. The standard InChI is InChI=1S/C18H25N3S/c1-21-10-7-13(8-11-21)18-20-16-12-14(5-6-17(16)22-18)15-4-2-3-9-19-15/h5-6,12-13,15,19H,2-4,7-11H2,1H3. The molecule has 2 aliphatic rings. The SMILES string of the molecule is CN1CCC(c2nc3cc(C4CCCCN4)ccc3s2)CC1. The lowest BCUT2D eigenvalue weighted by Gasteiger charge is -2.27. The number of hydrogen-bond donors (Lipinski definition) is 1. The van der Waals surface area contributed by atoms with Crippen molar-refractivity contribution >= 4 is 21.6 Å². The summed E-state index contributed by atoms with van der Waals surface area (Å²) in [6.45, 7) is 3.57. The van der Waals surface area contributed by atoms with Crippen LogP contribution < -0.4 is 5.32 Å². The molecule has 1 aromatic heterocycles. The number of hydrogen-bond acceptors (Lipinski definition) is 4. The van der Waals surface area contributed by atoms with E-state index in [2.05, 4.69) is 35.5 Å². The van der Waals surface area contributed by atoms with E-state index in [1.54, 1.807) is 0 Å². The molecule has 0 bridgehead atoms. The number of rotatable bonds is 2. The summed E-state index contributed by atoms with van der Waals surface area (Å²) in [6, 6.07) is 7.46. The summed E-state index contributed by atoms with van der Waals surface area (Å²) in [5, 5.41) is 5.00. The molecule has 1 N–H and O–H groups in total. The molecule has 1 unspecified atom stereocenters. The molecule has 1 aromatic carbocycles. The van der Waals surface area contributed by atoms with Crippen molar-refractivity contribution < 1.29 is 0 Å². The van der Waals surface area contributed by atoms with Crippen LogP contribution >= 0.6 is 11.3 Å². The van der Waals surface area contributed by atoms with Crippen LogP contribution in [0, 0.1) is 0 Å². The molecule has 2 aliphatic heterocycles. The molecule has 0 aliphatic carbocycles. The van der Waals surface area contributed by atoms with Gasteiger partial charge >= 0.3 is 0 Å². The van der Waals surface area contributed by atoms with Crippen LogP contribution in [0.5, 0.6) is 0 Å². The lowest BCUT2D eigenvalue weighted by atomic mass is 9.97. The van der Waals surface area contributed by atoms with Gasteiger partial charge in [0.1, 0.15) is 0 Å². The second-order valence-electron chi connectivity index (χ2n) is 6.86. The second kappa shape index (κ2) is 6.26. The van der Waals surface area contributed by atoms with Gasteiger partial charge in [0.2, 0.25) is 0 Å².